The molecule has 2 amide bonds. The van der Waals surface area contributed by atoms with E-state index >= 15 is 0 Å². The van der Waals surface area contributed by atoms with Crippen molar-refractivity contribution in [3.63, 3.8) is 0 Å². The second kappa shape index (κ2) is 5.25. The Hall–Kier alpha value is -2.17. The van der Waals surface area contributed by atoms with Crippen LogP contribution in [0.1, 0.15) is 23.6 Å². The van der Waals surface area contributed by atoms with Gasteiger partial charge in [0.15, 0.2) is 0 Å². The molecule has 0 aliphatic heterocycles. The molecule has 0 unspecified atom stereocenters. The summed E-state index contributed by atoms with van der Waals surface area (Å²) in [4.78, 5) is 21.4. The number of aryl methyl sites for hydroxylation is 2. The molecular weight excluding hydrogens is 218 g/mol. The molecule has 0 bridgehead atoms. The number of amides is 2. The number of benzene rings is 1. The summed E-state index contributed by atoms with van der Waals surface area (Å²) in [5.41, 5.74) is 10.6. The Bertz CT molecular complexity index is 493. The molecule has 0 spiro atoms. The zero-order chi connectivity index (χ0) is 13.0. The van der Waals surface area contributed by atoms with Crippen LogP contribution in [0.3, 0.4) is 0 Å². The Morgan fingerprint density at radius 3 is 2.47 bits per heavy atom. The fourth-order valence-electron chi connectivity index (χ4n) is 1.47. The van der Waals surface area contributed by atoms with Crippen molar-refractivity contribution in [2.45, 2.75) is 20.8 Å². The maximum atomic E-state index is 10.9. The van der Waals surface area contributed by atoms with Gasteiger partial charge in [0.2, 0.25) is 0 Å². The van der Waals surface area contributed by atoms with Gasteiger partial charge in [-0.2, -0.15) is 5.10 Å². The molecule has 0 aliphatic carbocycles. The topological polar surface area (TPSA) is 84.6 Å². The first-order chi connectivity index (χ1) is 7.91. The monoisotopic (exact) mass is 233 g/mol. The highest BCUT2D eigenvalue weighted by Gasteiger charge is 2.07. The Morgan fingerprint density at radius 1 is 1.29 bits per heavy atom. The molecule has 0 saturated heterocycles. The fourth-order valence-corrected chi connectivity index (χ4v) is 1.47. The quantitative estimate of drug-likeness (QED) is 0.446. The van der Waals surface area contributed by atoms with E-state index in [-0.39, 0.29) is 0 Å². The molecular formula is C12H15N3O2. The maximum absolute atomic E-state index is 10.9. The second-order valence-corrected chi connectivity index (χ2v) is 3.82. The van der Waals surface area contributed by atoms with E-state index in [0.29, 0.717) is 5.71 Å². The van der Waals surface area contributed by atoms with Gasteiger partial charge in [-0.05, 0) is 26.3 Å². The van der Waals surface area contributed by atoms with Crippen LogP contribution in [0.2, 0.25) is 0 Å². The molecule has 0 radical (unpaired) electrons. The summed E-state index contributed by atoms with van der Waals surface area (Å²) in [6.07, 6.45) is 0. The van der Waals surface area contributed by atoms with Gasteiger partial charge in [-0.3, -0.25) is 9.59 Å². The largest absolute Gasteiger partial charge is 0.361 e. The van der Waals surface area contributed by atoms with Gasteiger partial charge in [-0.1, -0.05) is 23.8 Å². The van der Waals surface area contributed by atoms with Crippen molar-refractivity contribution in [1.29, 1.82) is 0 Å². The summed E-state index contributed by atoms with van der Waals surface area (Å²) >= 11 is 0. The van der Waals surface area contributed by atoms with E-state index in [0.717, 1.165) is 16.7 Å². The van der Waals surface area contributed by atoms with Gasteiger partial charge in [0.1, 0.15) is 0 Å². The first kappa shape index (κ1) is 12.9. The van der Waals surface area contributed by atoms with Crippen LogP contribution in [0.25, 0.3) is 0 Å². The number of nitrogens with two attached hydrogens (primary N) is 1. The third kappa shape index (κ3) is 3.41. The van der Waals surface area contributed by atoms with Crippen molar-refractivity contribution in [1.82, 2.24) is 5.43 Å². The molecule has 0 atom stereocenters. The maximum Gasteiger partial charge on any atom is 0.329 e. The third-order valence-electron chi connectivity index (χ3n) is 2.32. The van der Waals surface area contributed by atoms with E-state index in [9.17, 15) is 9.59 Å². The first-order valence-corrected chi connectivity index (χ1v) is 5.13. The van der Waals surface area contributed by atoms with Crippen molar-refractivity contribution in [2.24, 2.45) is 10.8 Å². The van der Waals surface area contributed by atoms with Gasteiger partial charge < -0.3 is 5.73 Å². The standard InChI is InChI=1S/C12H15N3O2/c1-7-4-5-10(8(2)6-7)9(3)14-15-12(17)11(13)16/h4-6H,1-3H3,(H2,13,16)(H,15,17)/b14-9-. The molecule has 5 heteroatoms. The summed E-state index contributed by atoms with van der Waals surface area (Å²) in [6.45, 7) is 5.70. The number of hydrazone groups is 1. The highest BCUT2D eigenvalue weighted by atomic mass is 16.2. The molecule has 90 valence electrons. The molecule has 0 saturated carbocycles. The molecule has 17 heavy (non-hydrogen) atoms. The minimum atomic E-state index is -1.05. The molecule has 0 aromatic heterocycles. The van der Waals surface area contributed by atoms with Crippen LogP contribution < -0.4 is 11.2 Å². The van der Waals surface area contributed by atoms with E-state index in [2.05, 4.69) is 10.5 Å². The van der Waals surface area contributed by atoms with Gasteiger partial charge >= 0.3 is 11.8 Å². The van der Waals surface area contributed by atoms with Crippen molar-refractivity contribution in [3.05, 3.63) is 34.9 Å². The summed E-state index contributed by atoms with van der Waals surface area (Å²) in [6, 6.07) is 5.89. The molecule has 5 nitrogen and oxygen atoms in total. The van der Waals surface area contributed by atoms with Gasteiger partial charge in [0.25, 0.3) is 0 Å². The zero-order valence-electron chi connectivity index (χ0n) is 10.1. The lowest BCUT2D eigenvalue weighted by molar-refractivity contribution is -0.137. The van der Waals surface area contributed by atoms with Gasteiger partial charge in [-0.15, -0.1) is 0 Å². The number of nitrogens with one attached hydrogen (secondary N) is 1. The Kier molecular flexibility index (Phi) is 3.98. The Labute approximate surface area is 99.7 Å². The fraction of sp³-hybridized carbons (Fsp3) is 0.250. The lowest BCUT2D eigenvalue weighted by Crippen LogP contribution is -2.33. The van der Waals surface area contributed by atoms with Gasteiger partial charge in [-0.25, -0.2) is 5.43 Å². The van der Waals surface area contributed by atoms with Gasteiger partial charge in [0, 0.05) is 5.56 Å². The van der Waals surface area contributed by atoms with Crippen LogP contribution in [0.15, 0.2) is 23.3 Å². The van der Waals surface area contributed by atoms with E-state index in [1.165, 1.54) is 0 Å². The highest BCUT2D eigenvalue weighted by molar-refractivity contribution is 6.34. The van der Waals surface area contributed by atoms with E-state index in [4.69, 9.17) is 5.73 Å². The summed E-state index contributed by atoms with van der Waals surface area (Å²) in [7, 11) is 0. The first-order valence-electron chi connectivity index (χ1n) is 5.13. The number of hydrogen-bond acceptors (Lipinski definition) is 3. The predicted molar refractivity (Wildman–Crippen MR) is 65.5 cm³/mol. The molecule has 3 N–H and O–H groups in total. The molecule has 1 aromatic rings. The molecule has 0 fully saturated rings. The van der Waals surface area contributed by atoms with E-state index < -0.39 is 11.8 Å². The van der Waals surface area contributed by atoms with Crippen molar-refractivity contribution in [2.75, 3.05) is 0 Å². The normalized spacial score (nSPS) is 11.1. The SMILES string of the molecule is C/C(=N/NC(=O)C(N)=O)c1ccc(C)cc1C. The molecule has 0 heterocycles. The number of carbonyl (C=O) groups is 2. The van der Waals surface area contributed by atoms with Crippen LogP contribution in [0, 0.1) is 13.8 Å². The van der Waals surface area contributed by atoms with E-state index in [1.54, 1.807) is 6.92 Å². The van der Waals surface area contributed by atoms with Crippen molar-refractivity contribution in [3.8, 4) is 0 Å². The van der Waals surface area contributed by atoms with Crippen LogP contribution in [-0.2, 0) is 9.59 Å². The number of rotatable bonds is 2. The van der Waals surface area contributed by atoms with Crippen molar-refractivity contribution >= 4 is 17.5 Å². The third-order valence-corrected chi connectivity index (χ3v) is 2.32. The molecule has 1 rings (SSSR count). The Balaban J connectivity index is 2.89. The Morgan fingerprint density at radius 2 is 1.94 bits per heavy atom. The van der Waals surface area contributed by atoms with Gasteiger partial charge in [0.05, 0.1) is 5.71 Å². The number of nitrogens with zero attached hydrogens (tertiary/aromatic N) is 1. The summed E-state index contributed by atoms with van der Waals surface area (Å²) in [5, 5.41) is 3.82. The van der Waals surface area contributed by atoms with Crippen LogP contribution >= 0.6 is 0 Å². The zero-order valence-corrected chi connectivity index (χ0v) is 10.1. The lowest BCUT2D eigenvalue weighted by atomic mass is 10.0. The minimum absolute atomic E-state index is 0.622. The highest BCUT2D eigenvalue weighted by Crippen LogP contribution is 2.11. The van der Waals surface area contributed by atoms with Crippen molar-refractivity contribution < 1.29 is 9.59 Å². The average Bonchev–Trinajstić information content (AvgIpc) is 2.25. The lowest BCUT2D eigenvalue weighted by Gasteiger charge is -2.06. The predicted octanol–water partition coefficient (Wildman–Crippen LogP) is 0.629. The minimum Gasteiger partial charge on any atom is -0.361 e. The molecule has 1 aromatic carbocycles. The molecule has 0 aliphatic rings. The summed E-state index contributed by atoms with van der Waals surface area (Å²) < 4.78 is 0. The van der Waals surface area contributed by atoms with Crippen LogP contribution in [-0.4, -0.2) is 17.5 Å². The summed E-state index contributed by atoms with van der Waals surface area (Å²) in [5.74, 6) is -1.98. The number of hydrogen-bond donors (Lipinski definition) is 2. The number of carbonyl (C=O) groups excluding carboxylic acids is 2. The smallest absolute Gasteiger partial charge is 0.329 e. The average molecular weight is 233 g/mol. The van der Waals surface area contributed by atoms with Crippen LogP contribution in [0.5, 0.6) is 0 Å². The number of primary amides is 1. The van der Waals surface area contributed by atoms with E-state index in [1.807, 2.05) is 32.0 Å². The van der Waals surface area contributed by atoms with Crippen LogP contribution in [0.4, 0.5) is 0 Å². The second-order valence-electron chi connectivity index (χ2n) is 3.82.